The highest BCUT2D eigenvalue weighted by Crippen LogP contribution is 2.33. The number of nitrogens with zero attached hydrogens (tertiary/aromatic N) is 1. The molecule has 3 rings (SSSR count). The quantitative estimate of drug-likeness (QED) is 0.809. The molecule has 1 N–H and O–H groups in total. The van der Waals surface area contributed by atoms with E-state index in [9.17, 15) is 13.2 Å². The molecule has 20 heavy (non-hydrogen) atoms. The second-order valence-corrected chi connectivity index (χ2v) is 8.96. The number of carbonyl (C=O) groups is 1. The third kappa shape index (κ3) is 3.01. The maximum absolute atomic E-state index is 12.4. The summed E-state index contributed by atoms with van der Waals surface area (Å²) < 4.78 is 23.1. The van der Waals surface area contributed by atoms with Crippen LogP contribution in [-0.4, -0.2) is 55.4 Å². The Morgan fingerprint density at radius 2 is 1.90 bits per heavy atom. The van der Waals surface area contributed by atoms with Crippen LogP contribution in [0.3, 0.4) is 0 Å². The van der Waals surface area contributed by atoms with E-state index in [0.717, 1.165) is 12.8 Å². The second kappa shape index (κ2) is 5.30. The summed E-state index contributed by atoms with van der Waals surface area (Å²) in [5, 5.41) is 3.59. The van der Waals surface area contributed by atoms with Gasteiger partial charge in [0.1, 0.15) is 0 Å². The van der Waals surface area contributed by atoms with Crippen molar-refractivity contribution < 1.29 is 13.2 Å². The number of rotatable bonds is 2. The van der Waals surface area contributed by atoms with Gasteiger partial charge in [-0.15, -0.1) is 0 Å². The largest absolute Gasteiger partial charge is 0.338 e. The van der Waals surface area contributed by atoms with Crippen molar-refractivity contribution in [3.05, 3.63) is 0 Å². The van der Waals surface area contributed by atoms with Crippen LogP contribution in [0.2, 0.25) is 0 Å². The number of sulfone groups is 1. The van der Waals surface area contributed by atoms with E-state index in [1.807, 2.05) is 6.92 Å². The van der Waals surface area contributed by atoms with E-state index < -0.39 is 9.84 Å². The minimum absolute atomic E-state index is 0.121. The summed E-state index contributed by atoms with van der Waals surface area (Å²) in [5.74, 6) is 0.877. The minimum atomic E-state index is -2.94. The van der Waals surface area contributed by atoms with Gasteiger partial charge in [0.25, 0.3) is 0 Å². The predicted octanol–water partition coefficient (Wildman–Crippen LogP) is 0.553. The van der Waals surface area contributed by atoms with Crippen LogP contribution in [0.5, 0.6) is 0 Å². The standard InChI is InChI=1S/C14H24N2O3S/c1-10-9-20(18,19)5-4-16(10)14(17)8-11-6-12-2-3-13(7-11)15-12/h10-13,15H,2-9H2,1H3. The number of nitrogens with one attached hydrogen (secondary N) is 1. The Balaban J connectivity index is 1.57. The summed E-state index contributed by atoms with van der Waals surface area (Å²) >= 11 is 0. The summed E-state index contributed by atoms with van der Waals surface area (Å²) in [6.07, 6.45) is 5.28. The smallest absolute Gasteiger partial charge is 0.223 e. The van der Waals surface area contributed by atoms with E-state index >= 15 is 0 Å². The molecule has 6 heteroatoms. The van der Waals surface area contributed by atoms with Gasteiger partial charge in [-0.05, 0) is 38.5 Å². The first kappa shape index (κ1) is 14.3. The van der Waals surface area contributed by atoms with Gasteiger partial charge in [0.2, 0.25) is 5.91 Å². The Bertz CT molecular complexity index is 479. The van der Waals surface area contributed by atoms with Gasteiger partial charge in [-0.25, -0.2) is 8.42 Å². The van der Waals surface area contributed by atoms with Crippen molar-refractivity contribution in [1.82, 2.24) is 10.2 Å². The predicted molar refractivity (Wildman–Crippen MR) is 77.1 cm³/mol. The van der Waals surface area contributed by atoms with E-state index in [1.54, 1.807) is 4.90 Å². The fourth-order valence-electron chi connectivity index (χ4n) is 4.08. The van der Waals surface area contributed by atoms with Crippen LogP contribution >= 0.6 is 0 Å². The average Bonchev–Trinajstić information content (AvgIpc) is 2.67. The van der Waals surface area contributed by atoms with Gasteiger partial charge in [-0.2, -0.15) is 0 Å². The van der Waals surface area contributed by atoms with Crippen molar-refractivity contribution in [3.63, 3.8) is 0 Å². The normalized spacial score (nSPS) is 39.8. The molecule has 0 aromatic heterocycles. The molecule has 0 spiro atoms. The van der Waals surface area contributed by atoms with Crippen molar-refractivity contribution in [3.8, 4) is 0 Å². The molecule has 0 aromatic carbocycles. The average molecular weight is 300 g/mol. The zero-order valence-electron chi connectivity index (χ0n) is 12.0. The monoisotopic (exact) mass is 300 g/mol. The molecular formula is C14H24N2O3S. The second-order valence-electron chi connectivity index (χ2n) is 6.73. The zero-order valence-corrected chi connectivity index (χ0v) is 12.9. The number of hydrogen-bond donors (Lipinski definition) is 1. The molecule has 3 unspecified atom stereocenters. The van der Waals surface area contributed by atoms with Gasteiger partial charge in [0.15, 0.2) is 9.84 Å². The summed E-state index contributed by atoms with van der Waals surface area (Å²) in [7, 11) is -2.94. The highest BCUT2D eigenvalue weighted by Gasteiger charge is 2.36. The van der Waals surface area contributed by atoms with Crippen molar-refractivity contribution >= 4 is 15.7 Å². The van der Waals surface area contributed by atoms with Crippen LogP contribution in [0.15, 0.2) is 0 Å². The first-order valence-electron chi connectivity index (χ1n) is 7.69. The number of piperidine rings is 1. The molecule has 0 aromatic rings. The van der Waals surface area contributed by atoms with Crippen LogP contribution in [-0.2, 0) is 14.6 Å². The summed E-state index contributed by atoms with van der Waals surface area (Å²) in [6.45, 7) is 2.22. The molecule has 5 nitrogen and oxygen atoms in total. The lowest BCUT2D eigenvalue weighted by Gasteiger charge is -2.35. The number of fused-ring (bicyclic) bond motifs is 2. The molecule has 3 atom stereocenters. The third-order valence-corrected chi connectivity index (χ3v) is 6.82. The lowest BCUT2D eigenvalue weighted by molar-refractivity contribution is -0.134. The van der Waals surface area contributed by atoms with Gasteiger partial charge in [-0.1, -0.05) is 0 Å². The van der Waals surface area contributed by atoms with Crippen LogP contribution in [0.25, 0.3) is 0 Å². The van der Waals surface area contributed by atoms with Gasteiger partial charge < -0.3 is 10.2 Å². The maximum Gasteiger partial charge on any atom is 0.223 e. The fourth-order valence-corrected chi connectivity index (χ4v) is 5.63. The Morgan fingerprint density at radius 3 is 2.50 bits per heavy atom. The number of carbonyl (C=O) groups excluding carboxylic acids is 1. The lowest BCUT2D eigenvalue weighted by atomic mass is 9.89. The topological polar surface area (TPSA) is 66.5 Å². The summed E-state index contributed by atoms with van der Waals surface area (Å²) in [5.41, 5.74) is 0. The van der Waals surface area contributed by atoms with Crippen molar-refractivity contribution in [1.29, 1.82) is 0 Å². The van der Waals surface area contributed by atoms with Gasteiger partial charge >= 0.3 is 0 Å². The third-order valence-electron chi connectivity index (χ3n) is 5.02. The molecule has 3 heterocycles. The molecule has 0 aliphatic carbocycles. The SMILES string of the molecule is CC1CS(=O)(=O)CCN1C(=O)CC1CC2CCC(C1)N2. The van der Waals surface area contributed by atoms with E-state index in [4.69, 9.17) is 0 Å². The molecule has 114 valence electrons. The highest BCUT2D eigenvalue weighted by molar-refractivity contribution is 7.91. The highest BCUT2D eigenvalue weighted by atomic mass is 32.2. The van der Waals surface area contributed by atoms with E-state index in [2.05, 4.69) is 5.32 Å². The van der Waals surface area contributed by atoms with Gasteiger partial charge in [0, 0.05) is 31.1 Å². The molecular weight excluding hydrogens is 276 g/mol. The van der Waals surface area contributed by atoms with E-state index in [1.165, 1.54) is 12.8 Å². The summed E-state index contributed by atoms with van der Waals surface area (Å²) in [4.78, 5) is 14.2. The van der Waals surface area contributed by atoms with Crippen LogP contribution in [0, 0.1) is 5.92 Å². The van der Waals surface area contributed by atoms with Gasteiger partial charge in [-0.3, -0.25) is 4.79 Å². The molecule has 3 saturated heterocycles. The first-order chi connectivity index (χ1) is 9.43. The fraction of sp³-hybridized carbons (Fsp3) is 0.929. The minimum Gasteiger partial charge on any atom is -0.338 e. The molecule has 3 aliphatic rings. The van der Waals surface area contributed by atoms with Crippen LogP contribution in [0.1, 0.15) is 39.0 Å². The zero-order chi connectivity index (χ0) is 14.3. The number of amides is 1. The summed E-state index contributed by atoms with van der Waals surface area (Å²) in [6, 6.07) is 1.04. The van der Waals surface area contributed by atoms with Crippen molar-refractivity contribution in [2.24, 2.45) is 5.92 Å². The molecule has 0 radical (unpaired) electrons. The lowest BCUT2D eigenvalue weighted by Crippen LogP contribution is -2.50. The molecule has 3 fully saturated rings. The van der Waals surface area contributed by atoms with E-state index in [0.29, 0.717) is 31.0 Å². The first-order valence-corrected chi connectivity index (χ1v) is 9.51. The number of hydrogen-bond acceptors (Lipinski definition) is 4. The Kier molecular flexibility index (Phi) is 3.79. The Morgan fingerprint density at radius 1 is 1.25 bits per heavy atom. The maximum atomic E-state index is 12.4. The van der Waals surface area contributed by atoms with Crippen LogP contribution < -0.4 is 5.32 Å². The Hall–Kier alpha value is -0.620. The molecule has 2 bridgehead atoms. The molecule has 3 aliphatic heterocycles. The van der Waals surface area contributed by atoms with Crippen molar-refractivity contribution in [2.75, 3.05) is 18.1 Å². The van der Waals surface area contributed by atoms with E-state index in [-0.39, 0.29) is 23.5 Å². The molecule has 1 amide bonds. The van der Waals surface area contributed by atoms with Crippen molar-refractivity contribution in [2.45, 2.75) is 57.2 Å². The molecule has 0 saturated carbocycles. The van der Waals surface area contributed by atoms with Gasteiger partial charge in [0.05, 0.1) is 11.5 Å². The van der Waals surface area contributed by atoms with Crippen LogP contribution in [0.4, 0.5) is 0 Å². The Labute approximate surface area is 121 Å².